The summed E-state index contributed by atoms with van der Waals surface area (Å²) in [6.07, 6.45) is 5.66. The highest BCUT2D eigenvalue weighted by Crippen LogP contribution is 2.34. The minimum Gasteiger partial charge on any atom is -0.493 e. The van der Waals surface area contributed by atoms with Gasteiger partial charge in [-0.1, -0.05) is 24.3 Å². The number of amides is 1. The minimum absolute atomic E-state index is 0.117. The fourth-order valence-corrected chi connectivity index (χ4v) is 5.38. The molecule has 0 radical (unpaired) electrons. The van der Waals surface area contributed by atoms with Gasteiger partial charge in [-0.25, -0.2) is 10.9 Å². The van der Waals surface area contributed by atoms with Crippen LogP contribution < -0.4 is 31.5 Å². The highest BCUT2D eigenvalue weighted by atomic mass is 16.6. The highest BCUT2D eigenvalue weighted by Gasteiger charge is 2.45. The molecule has 2 fully saturated rings. The smallest absolute Gasteiger partial charge is 0.251 e. The molecule has 5 N–H and O–H groups in total. The van der Waals surface area contributed by atoms with Gasteiger partial charge in [-0.2, -0.15) is 0 Å². The van der Waals surface area contributed by atoms with Crippen molar-refractivity contribution in [3.63, 3.8) is 0 Å². The second kappa shape index (κ2) is 10.5. The molecule has 0 saturated carbocycles. The molecule has 3 aliphatic rings. The van der Waals surface area contributed by atoms with E-state index in [0.29, 0.717) is 18.7 Å². The Kier molecular flexibility index (Phi) is 6.75. The van der Waals surface area contributed by atoms with Crippen LogP contribution in [0.3, 0.4) is 0 Å². The Bertz CT molecular complexity index is 1250. The van der Waals surface area contributed by atoms with E-state index in [1.165, 1.54) is 5.56 Å². The van der Waals surface area contributed by atoms with Crippen molar-refractivity contribution >= 4 is 11.6 Å². The largest absolute Gasteiger partial charge is 0.493 e. The Morgan fingerprint density at radius 1 is 1.05 bits per heavy atom. The van der Waals surface area contributed by atoms with Crippen molar-refractivity contribution in [1.82, 2.24) is 26.5 Å². The summed E-state index contributed by atoms with van der Waals surface area (Å²) in [4.78, 5) is 17.2. The lowest BCUT2D eigenvalue weighted by atomic mass is 9.86. The van der Waals surface area contributed by atoms with Gasteiger partial charge in [-0.15, -0.1) is 0 Å². The molecule has 37 heavy (non-hydrogen) atoms. The molecule has 9 heteroatoms. The molecule has 1 aromatic heterocycles. The van der Waals surface area contributed by atoms with Crippen molar-refractivity contribution in [2.75, 3.05) is 25.0 Å². The zero-order valence-electron chi connectivity index (χ0n) is 20.6. The molecule has 3 aromatic rings. The van der Waals surface area contributed by atoms with Crippen LogP contribution in [0.25, 0.3) is 0 Å². The number of anilines is 1. The number of ether oxygens (including phenoxy) is 2. The van der Waals surface area contributed by atoms with Crippen LogP contribution in [0.5, 0.6) is 5.75 Å². The number of carbonyl (C=O) groups excluding carboxylic acids is 1. The number of fused-ring (bicyclic) bond motifs is 1. The first kappa shape index (κ1) is 23.9. The maximum absolute atomic E-state index is 13.1. The van der Waals surface area contributed by atoms with Crippen LogP contribution in [0, 0.1) is 0 Å². The van der Waals surface area contributed by atoms with Gasteiger partial charge in [0.05, 0.1) is 12.1 Å². The summed E-state index contributed by atoms with van der Waals surface area (Å²) in [5.74, 6) is 0.794. The number of pyridine rings is 1. The maximum atomic E-state index is 13.1. The number of piperidine rings is 1. The Hall–Kier alpha value is -3.50. The lowest BCUT2D eigenvalue weighted by Gasteiger charge is -2.42. The van der Waals surface area contributed by atoms with Crippen LogP contribution in [0.1, 0.15) is 46.1 Å². The fourth-order valence-electron chi connectivity index (χ4n) is 5.38. The third kappa shape index (κ3) is 5.03. The average molecular weight is 501 g/mol. The van der Waals surface area contributed by atoms with E-state index < -0.39 is 0 Å². The maximum Gasteiger partial charge on any atom is 0.251 e. The van der Waals surface area contributed by atoms with E-state index in [9.17, 15) is 4.79 Å². The summed E-state index contributed by atoms with van der Waals surface area (Å²) in [6.45, 7) is 2.87. The molecule has 2 unspecified atom stereocenters. The molecule has 6 rings (SSSR count). The van der Waals surface area contributed by atoms with Gasteiger partial charge in [0.2, 0.25) is 0 Å². The molecule has 2 atom stereocenters. The number of para-hydroxylation sites is 1. The van der Waals surface area contributed by atoms with E-state index in [1.807, 2.05) is 48.5 Å². The van der Waals surface area contributed by atoms with Crippen LogP contribution in [0.2, 0.25) is 0 Å². The number of hydrogen-bond donors (Lipinski definition) is 5. The van der Waals surface area contributed by atoms with Crippen molar-refractivity contribution in [3.05, 3.63) is 89.2 Å². The number of benzene rings is 2. The van der Waals surface area contributed by atoms with E-state index >= 15 is 0 Å². The molecule has 0 spiro atoms. The van der Waals surface area contributed by atoms with Gasteiger partial charge in [0.25, 0.3) is 5.91 Å². The number of nitrogens with zero attached hydrogens (tertiary/aromatic N) is 1. The summed E-state index contributed by atoms with van der Waals surface area (Å²) in [7, 11) is 0. The lowest BCUT2D eigenvalue weighted by Crippen LogP contribution is -2.60. The van der Waals surface area contributed by atoms with Crippen molar-refractivity contribution in [2.45, 2.75) is 43.8 Å². The molecule has 3 aliphatic heterocycles. The molecule has 9 nitrogen and oxygen atoms in total. The molecule has 2 aromatic carbocycles. The summed E-state index contributed by atoms with van der Waals surface area (Å²) < 4.78 is 12.2. The van der Waals surface area contributed by atoms with E-state index in [-0.39, 0.29) is 23.9 Å². The average Bonchev–Trinajstić information content (AvgIpc) is 3.64. The van der Waals surface area contributed by atoms with Crippen molar-refractivity contribution in [3.8, 4) is 5.75 Å². The molecular formula is C28H32N6O3. The first-order valence-electron chi connectivity index (χ1n) is 12.9. The van der Waals surface area contributed by atoms with Gasteiger partial charge in [0.15, 0.2) is 0 Å². The standard InChI is InChI=1S/C28H32N6O3/c35-25(31-18-22-5-1-3-19-9-16-36-24(19)22)21-4-2-6-23(17-21)32-28(10-14-30-15-11-28)27-34-33-26(37-27)20-7-12-29-13-8-20/h1-8,12-13,17,26-27,30,32-34H,9-11,14-16,18H2,(H,31,35). The van der Waals surface area contributed by atoms with Gasteiger partial charge in [0, 0.05) is 42.2 Å². The normalized spacial score (nSPS) is 22.2. The van der Waals surface area contributed by atoms with Crippen molar-refractivity contribution in [2.24, 2.45) is 0 Å². The Balaban J connectivity index is 1.15. The molecular weight excluding hydrogens is 468 g/mol. The third-order valence-electron chi connectivity index (χ3n) is 7.38. The molecule has 1 amide bonds. The van der Waals surface area contributed by atoms with Gasteiger partial charge in [-0.05, 0) is 67.4 Å². The van der Waals surface area contributed by atoms with E-state index in [1.54, 1.807) is 12.4 Å². The molecule has 0 aliphatic carbocycles. The van der Waals surface area contributed by atoms with Crippen LogP contribution in [-0.2, 0) is 17.7 Å². The SMILES string of the molecule is O=C(NCc1cccc2c1OCC2)c1cccc(NC2(C3NNC(c4ccncc4)O3)CCNCC2)c1. The minimum atomic E-state index is -0.350. The Labute approximate surface area is 216 Å². The van der Waals surface area contributed by atoms with Gasteiger partial charge in [0.1, 0.15) is 18.2 Å². The molecule has 4 heterocycles. The summed E-state index contributed by atoms with van der Waals surface area (Å²) in [6, 6.07) is 17.7. The van der Waals surface area contributed by atoms with E-state index in [2.05, 4.69) is 37.9 Å². The number of nitrogens with one attached hydrogen (secondary N) is 5. The Morgan fingerprint density at radius 2 is 1.89 bits per heavy atom. The van der Waals surface area contributed by atoms with Gasteiger partial charge < -0.3 is 25.4 Å². The van der Waals surface area contributed by atoms with Crippen LogP contribution >= 0.6 is 0 Å². The van der Waals surface area contributed by atoms with Crippen molar-refractivity contribution < 1.29 is 14.3 Å². The van der Waals surface area contributed by atoms with Crippen LogP contribution in [0.4, 0.5) is 5.69 Å². The number of carbonyl (C=O) groups is 1. The van der Waals surface area contributed by atoms with E-state index in [4.69, 9.17) is 9.47 Å². The fraction of sp³-hybridized carbons (Fsp3) is 0.357. The second-order valence-corrected chi connectivity index (χ2v) is 9.76. The van der Waals surface area contributed by atoms with Crippen LogP contribution in [-0.4, -0.2) is 42.4 Å². The van der Waals surface area contributed by atoms with Gasteiger partial charge >= 0.3 is 0 Å². The zero-order chi connectivity index (χ0) is 25.1. The van der Waals surface area contributed by atoms with Crippen molar-refractivity contribution in [1.29, 1.82) is 0 Å². The molecule has 192 valence electrons. The van der Waals surface area contributed by atoms with Crippen LogP contribution in [0.15, 0.2) is 67.0 Å². The number of aromatic nitrogens is 1. The highest BCUT2D eigenvalue weighted by molar-refractivity contribution is 5.95. The third-order valence-corrected chi connectivity index (χ3v) is 7.38. The molecule has 2 saturated heterocycles. The summed E-state index contributed by atoms with van der Waals surface area (Å²) in [5, 5.41) is 10.2. The predicted molar refractivity (Wildman–Crippen MR) is 140 cm³/mol. The first-order chi connectivity index (χ1) is 18.2. The number of hydrogen-bond acceptors (Lipinski definition) is 8. The molecule has 0 bridgehead atoms. The quantitative estimate of drug-likeness (QED) is 0.337. The lowest BCUT2D eigenvalue weighted by molar-refractivity contribution is -0.0139. The first-order valence-corrected chi connectivity index (χ1v) is 12.9. The Morgan fingerprint density at radius 3 is 2.76 bits per heavy atom. The predicted octanol–water partition coefficient (Wildman–Crippen LogP) is 2.63. The number of hydrazine groups is 1. The zero-order valence-corrected chi connectivity index (χ0v) is 20.6. The van der Waals surface area contributed by atoms with E-state index in [0.717, 1.165) is 54.9 Å². The topological polar surface area (TPSA) is 109 Å². The summed E-state index contributed by atoms with van der Waals surface area (Å²) >= 11 is 0. The van der Waals surface area contributed by atoms with Gasteiger partial charge in [-0.3, -0.25) is 9.78 Å². The number of rotatable bonds is 7. The monoisotopic (exact) mass is 500 g/mol. The second-order valence-electron chi connectivity index (χ2n) is 9.76. The summed E-state index contributed by atoms with van der Waals surface area (Å²) in [5.41, 5.74) is 11.0.